The molecule has 0 saturated carbocycles. The molecule has 1 atom stereocenters. The van der Waals surface area contributed by atoms with Crippen molar-refractivity contribution in [2.45, 2.75) is 108 Å². The highest BCUT2D eigenvalue weighted by Crippen LogP contribution is 2.21. The fourth-order valence-electron chi connectivity index (χ4n) is 1.68. The number of hydrazone groups is 1. The number of allylic oxidation sites excluding steroid dienone is 1. The Balaban J connectivity index is -0.000000222. The largest absolute Gasteiger partial charge is 0.273 e. The number of rotatable bonds is 9. The average Bonchev–Trinajstić information content (AvgIpc) is 2.61. The maximum Gasteiger partial charge on any atom is 0.0406 e. The van der Waals surface area contributed by atoms with Crippen LogP contribution in [0, 0.1) is 5.92 Å². The summed E-state index contributed by atoms with van der Waals surface area (Å²) in [6.45, 7) is 25.8. The van der Waals surface area contributed by atoms with Crippen molar-refractivity contribution >= 4 is 6.72 Å². The number of nitrogens with zero attached hydrogens (tertiary/aromatic N) is 2. The molecule has 0 aromatic rings. The van der Waals surface area contributed by atoms with Crippen LogP contribution in [0.4, 0.5) is 0 Å². The first-order valence-electron chi connectivity index (χ1n) is 10.0. The highest BCUT2D eigenvalue weighted by atomic mass is 15.4. The molecule has 0 radical (unpaired) electrons. The van der Waals surface area contributed by atoms with E-state index in [2.05, 4.69) is 59.6 Å². The van der Waals surface area contributed by atoms with Gasteiger partial charge >= 0.3 is 0 Å². The van der Waals surface area contributed by atoms with Gasteiger partial charge in [-0.2, -0.15) is 5.10 Å². The van der Waals surface area contributed by atoms with Crippen LogP contribution in [0.2, 0.25) is 0 Å². The molecule has 0 amide bonds. The highest BCUT2D eigenvalue weighted by Gasteiger charge is 2.08. The fraction of sp³-hybridized carbons (Fsp3) is 0.857. The Kier molecular flexibility index (Phi) is 38.3. The minimum atomic E-state index is 0.660. The van der Waals surface area contributed by atoms with Crippen molar-refractivity contribution < 1.29 is 0 Å². The lowest BCUT2D eigenvalue weighted by atomic mass is 9.95. The van der Waals surface area contributed by atoms with Gasteiger partial charge in [-0.3, -0.25) is 5.01 Å². The second-order valence-corrected chi connectivity index (χ2v) is 5.13. The molecular weight excluding hydrogens is 280 g/mol. The SMILES string of the molecule is C=NN(/C=C(/CCCC)C(C)CC)CCC.CC.CC.CCC. The molecule has 0 fully saturated rings. The molecule has 0 bridgehead atoms. The van der Waals surface area contributed by atoms with Crippen LogP contribution in [0.1, 0.15) is 108 Å². The van der Waals surface area contributed by atoms with Crippen molar-refractivity contribution in [1.29, 1.82) is 0 Å². The topological polar surface area (TPSA) is 15.6 Å². The van der Waals surface area contributed by atoms with E-state index in [0.29, 0.717) is 5.92 Å². The number of hydrogen-bond donors (Lipinski definition) is 0. The van der Waals surface area contributed by atoms with Crippen molar-refractivity contribution in [2.24, 2.45) is 11.0 Å². The Labute approximate surface area is 149 Å². The zero-order valence-electron chi connectivity index (χ0n) is 18.2. The molecule has 0 N–H and O–H groups in total. The summed E-state index contributed by atoms with van der Waals surface area (Å²) in [6, 6.07) is 0. The summed E-state index contributed by atoms with van der Waals surface area (Å²) in [7, 11) is 0. The Morgan fingerprint density at radius 1 is 1.00 bits per heavy atom. The fourth-order valence-corrected chi connectivity index (χ4v) is 1.68. The van der Waals surface area contributed by atoms with Crippen LogP contribution >= 0.6 is 0 Å². The second kappa shape index (κ2) is 29.2. The smallest absolute Gasteiger partial charge is 0.0406 e. The molecule has 23 heavy (non-hydrogen) atoms. The molecule has 142 valence electrons. The minimum Gasteiger partial charge on any atom is -0.273 e. The molecule has 0 rings (SSSR count). The van der Waals surface area contributed by atoms with Gasteiger partial charge in [0, 0.05) is 19.5 Å². The van der Waals surface area contributed by atoms with Crippen LogP contribution in [-0.4, -0.2) is 18.3 Å². The molecule has 1 unspecified atom stereocenters. The number of unbranched alkanes of at least 4 members (excludes halogenated alkanes) is 1. The van der Waals surface area contributed by atoms with Crippen molar-refractivity contribution in [3.8, 4) is 0 Å². The quantitative estimate of drug-likeness (QED) is 0.310. The third-order valence-corrected chi connectivity index (χ3v) is 3.01. The predicted molar refractivity (Wildman–Crippen MR) is 112 cm³/mol. The molecular formula is C21H48N2. The second-order valence-electron chi connectivity index (χ2n) is 5.13. The van der Waals surface area contributed by atoms with Crippen molar-refractivity contribution in [3.63, 3.8) is 0 Å². The van der Waals surface area contributed by atoms with Gasteiger partial charge in [-0.25, -0.2) is 0 Å². The molecule has 0 aromatic carbocycles. The molecule has 2 nitrogen and oxygen atoms in total. The Morgan fingerprint density at radius 3 is 1.78 bits per heavy atom. The van der Waals surface area contributed by atoms with Gasteiger partial charge in [0.05, 0.1) is 0 Å². The van der Waals surface area contributed by atoms with Crippen molar-refractivity contribution in [2.75, 3.05) is 6.54 Å². The molecule has 0 aliphatic carbocycles. The molecule has 0 spiro atoms. The van der Waals surface area contributed by atoms with E-state index in [4.69, 9.17) is 0 Å². The molecule has 0 heterocycles. The maximum absolute atomic E-state index is 4.05. The van der Waals surface area contributed by atoms with Gasteiger partial charge in [0.2, 0.25) is 0 Å². The van der Waals surface area contributed by atoms with E-state index in [1.165, 1.54) is 37.7 Å². The van der Waals surface area contributed by atoms with E-state index in [1.54, 1.807) is 0 Å². The first kappa shape index (κ1) is 30.1. The lowest BCUT2D eigenvalue weighted by Gasteiger charge is -2.19. The molecule has 0 aliphatic rings. The van der Waals surface area contributed by atoms with Gasteiger partial charge in [-0.15, -0.1) is 0 Å². The third kappa shape index (κ3) is 23.6. The zero-order valence-corrected chi connectivity index (χ0v) is 18.2. The Morgan fingerprint density at radius 2 is 1.48 bits per heavy atom. The summed E-state index contributed by atoms with van der Waals surface area (Å²) >= 11 is 0. The van der Waals surface area contributed by atoms with E-state index in [1.807, 2.05) is 32.7 Å². The number of hydrogen-bond acceptors (Lipinski definition) is 2. The summed E-state index contributed by atoms with van der Waals surface area (Å²) in [5.41, 5.74) is 1.52. The van der Waals surface area contributed by atoms with Gasteiger partial charge in [0.25, 0.3) is 0 Å². The zero-order chi connectivity index (χ0) is 19.1. The normalized spacial score (nSPS) is 10.8. The van der Waals surface area contributed by atoms with E-state index in [0.717, 1.165) is 13.0 Å². The molecule has 0 aromatic heterocycles. The summed E-state index contributed by atoms with van der Waals surface area (Å²) in [5, 5.41) is 6.03. The van der Waals surface area contributed by atoms with Crippen LogP contribution in [0.25, 0.3) is 0 Å². The van der Waals surface area contributed by atoms with E-state index in [9.17, 15) is 0 Å². The molecule has 0 saturated heterocycles. The van der Waals surface area contributed by atoms with E-state index in [-0.39, 0.29) is 0 Å². The average molecular weight is 329 g/mol. The van der Waals surface area contributed by atoms with Gasteiger partial charge in [-0.1, -0.05) is 82.1 Å². The van der Waals surface area contributed by atoms with Crippen LogP contribution in [-0.2, 0) is 0 Å². The first-order chi connectivity index (χ1) is 11.1. The Bertz CT molecular complexity index is 222. The Hall–Kier alpha value is -0.790. The van der Waals surface area contributed by atoms with E-state index >= 15 is 0 Å². The monoisotopic (exact) mass is 328 g/mol. The summed E-state index contributed by atoms with van der Waals surface area (Å²) in [4.78, 5) is 0. The minimum absolute atomic E-state index is 0.660. The van der Waals surface area contributed by atoms with Gasteiger partial charge in [-0.05, 0) is 37.2 Å². The molecule has 0 aliphatic heterocycles. The molecule has 2 heteroatoms. The summed E-state index contributed by atoms with van der Waals surface area (Å²) in [5.74, 6) is 0.660. The van der Waals surface area contributed by atoms with Crippen molar-refractivity contribution in [1.82, 2.24) is 5.01 Å². The summed E-state index contributed by atoms with van der Waals surface area (Å²) < 4.78 is 0. The van der Waals surface area contributed by atoms with Crippen LogP contribution in [0.5, 0.6) is 0 Å². The lowest BCUT2D eigenvalue weighted by Crippen LogP contribution is -2.13. The van der Waals surface area contributed by atoms with Crippen molar-refractivity contribution in [3.05, 3.63) is 11.8 Å². The van der Waals surface area contributed by atoms with Gasteiger partial charge in [0.15, 0.2) is 0 Å². The first-order valence-corrected chi connectivity index (χ1v) is 10.0. The van der Waals surface area contributed by atoms with Gasteiger partial charge in [0.1, 0.15) is 0 Å². The summed E-state index contributed by atoms with van der Waals surface area (Å²) in [6.07, 6.45) is 9.49. The highest BCUT2D eigenvalue weighted by molar-refractivity contribution is 5.23. The van der Waals surface area contributed by atoms with Crippen LogP contribution in [0.15, 0.2) is 16.9 Å². The predicted octanol–water partition coefficient (Wildman–Crippen LogP) is 7.90. The lowest BCUT2D eigenvalue weighted by molar-refractivity contribution is 0.390. The maximum atomic E-state index is 4.05. The standard InChI is InChI=1S/C14H28N2.C3H8.2C2H6/c1-6-9-10-14(13(4)8-3)12-16(15-5)11-7-2;1-3-2;2*1-2/h12-13H,5-11H2,1-4H3;3H2,1-2H3;2*1-2H3/b14-12-;;;. The third-order valence-electron chi connectivity index (χ3n) is 3.01. The van der Waals surface area contributed by atoms with Crippen LogP contribution in [0.3, 0.4) is 0 Å². The van der Waals surface area contributed by atoms with Gasteiger partial charge < -0.3 is 0 Å². The van der Waals surface area contributed by atoms with E-state index < -0.39 is 0 Å². The van der Waals surface area contributed by atoms with Crippen LogP contribution < -0.4 is 0 Å².